The molecule has 0 heterocycles. The van der Waals surface area contributed by atoms with Gasteiger partial charge in [0, 0.05) is 0 Å². The molecule has 1 rings (SSSR count). The summed E-state index contributed by atoms with van der Waals surface area (Å²) in [5, 5.41) is 4.00. The number of aryl methyl sites for hydroxylation is 1. The summed E-state index contributed by atoms with van der Waals surface area (Å²) in [6, 6.07) is 7.93. The van der Waals surface area contributed by atoms with Crippen LogP contribution < -0.4 is 5.43 Å². The molecular formula is C14H20N2O2. The molecule has 0 saturated heterocycles. The molecule has 4 nitrogen and oxygen atoms in total. The van der Waals surface area contributed by atoms with Gasteiger partial charge in [0.15, 0.2) is 0 Å². The molecule has 0 aromatic heterocycles. The lowest BCUT2D eigenvalue weighted by molar-refractivity contribution is 0.0529. The van der Waals surface area contributed by atoms with Crippen molar-refractivity contribution < 1.29 is 9.53 Å². The van der Waals surface area contributed by atoms with Crippen molar-refractivity contribution in [2.24, 2.45) is 5.10 Å². The quantitative estimate of drug-likeness (QED) is 0.645. The van der Waals surface area contributed by atoms with Crippen LogP contribution in [0.2, 0.25) is 0 Å². The van der Waals surface area contributed by atoms with Gasteiger partial charge in [0.25, 0.3) is 0 Å². The topological polar surface area (TPSA) is 50.7 Å². The Morgan fingerprint density at radius 1 is 1.22 bits per heavy atom. The van der Waals surface area contributed by atoms with Crippen molar-refractivity contribution in [3.63, 3.8) is 0 Å². The van der Waals surface area contributed by atoms with Crippen LogP contribution >= 0.6 is 0 Å². The van der Waals surface area contributed by atoms with E-state index in [0.717, 1.165) is 11.3 Å². The third-order valence-corrected chi connectivity index (χ3v) is 2.18. The fraction of sp³-hybridized carbons (Fsp3) is 0.429. The molecule has 18 heavy (non-hydrogen) atoms. The van der Waals surface area contributed by atoms with Gasteiger partial charge in [-0.25, -0.2) is 10.2 Å². The van der Waals surface area contributed by atoms with Crippen LogP contribution in [-0.4, -0.2) is 17.4 Å². The first-order valence-corrected chi connectivity index (χ1v) is 5.88. The molecule has 0 saturated carbocycles. The van der Waals surface area contributed by atoms with E-state index in [9.17, 15) is 4.79 Å². The lowest BCUT2D eigenvalue weighted by Crippen LogP contribution is -2.30. The largest absolute Gasteiger partial charge is 0.443 e. The lowest BCUT2D eigenvalue weighted by Gasteiger charge is -2.18. The molecule has 0 unspecified atom stereocenters. The zero-order chi connectivity index (χ0) is 13.8. The van der Waals surface area contributed by atoms with Gasteiger partial charge in [0.2, 0.25) is 0 Å². The monoisotopic (exact) mass is 248 g/mol. The maximum absolute atomic E-state index is 11.4. The molecule has 0 spiro atoms. The van der Waals surface area contributed by atoms with Crippen molar-refractivity contribution in [1.82, 2.24) is 5.43 Å². The molecule has 1 N–H and O–H groups in total. The Balaban J connectivity index is 2.62. The normalized spacial score (nSPS) is 12.2. The van der Waals surface area contributed by atoms with E-state index in [2.05, 4.69) is 10.5 Å². The number of hydrogen-bond acceptors (Lipinski definition) is 3. The molecule has 0 fully saturated rings. The van der Waals surface area contributed by atoms with Gasteiger partial charge in [-0.15, -0.1) is 0 Å². The van der Waals surface area contributed by atoms with Gasteiger partial charge in [0.1, 0.15) is 5.60 Å². The predicted molar refractivity (Wildman–Crippen MR) is 72.8 cm³/mol. The summed E-state index contributed by atoms with van der Waals surface area (Å²) < 4.78 is 5.09. The van der Waals surface area contributed by atoms with E-state index in [1.165, 1.54) is 5.56 Å². The summed E-state index contributed by atoms with van der Waals surface area (Å²) in [5.41, 5.74) is 4.76. The molecule has 0 radical (unpaired) electrons. The van der Waals surface area contributed by atoms with E-state index >= 15 is 0 Å². The molecule has 0 aliphatic rings. The van der Waals surface area contributed by atoms with Crippen molar-refractivity contribution in [2.45, 2.75) is 40.2 Å². The van der Waals surface area contributed by atoms with E-state index in [1.807, 2.05) is 58.9 Å². The van der Waals surface area contributed by atoms with Gasteiger partial charge in [-0.05, 0) is 40.2 Å². The van der Waals surface area contributed by atoms with Crippen LogP contribution in [0.15, 0.2) is 29.4 Å². The summed E-state index contributed by atoms with van der Waals surface area (Å²) >= 11 is 0. The van der Waals surface area contributed by atoms with Crippen LogP contribution in [0.25, 0.3) is 0 Å². The molecule has 1 aromatic rings. The third kappa shape index (κ3) is 4.99. The molecule has 0 bridgehead atoms. The summed E-state index contributed by atoms with van der Waals surface area (Å²) in [4.78, 5) is 11.4. The number of nitrogens with zero attached hydrogens (tertiary/aromatic N) is 1. The highest BCUT2D eigenvalue weighted by Gasteiger charge is 2.15. The van der Waals surface area contributed by atoms with E-state index < -0.39 is 11.7 Å². The van der Waals surface area contributed by atoms with Crippen molar-refractivity contribution in [3.05, 3.63) is 35.4 Å². The van der Waals surface area contributed by atoms with Gasteiger partial charge >= 0.3 is 6.09 Å². The molecule has 1 amide bonds. The Hall–Kier alpha value is -1.84. The number of rotatable bonds is 2. The summed E-state index contributed by atoms with van der Waals surface area (Å²) in [7, 11) is 0. The fourth-order valence-electron chi connectivity index (χ4n) is 1.29. The molecular weight excluding hydrogens is 228 g/mol. The molecule has 0 aliphatic heterocycles. The zero-order valence-corrected chi connectivity index (χ0v) is 11.6. The van der Waals surface area contributed by atoms with Gasteiger partial charge in [0.05, 0.1) is 5.71 Å². The van der Waals surface area contributed by atoms with E-state index in [4.69, 9.17) is 4.74 Å². The van der Waals surface area contributed by atoms with Crippen LogP contribution in [0.5, 0.6) is 0 Å². The number of hydrazone groups is 1. The van der Waals surface area contributed by atoms with Crippen molar-refractivity contribution in [3.8, 4) is 0 Å². The zero-order valence-electron chi connectivity index (χ0n) is 11.6. The van der Waals surface area contributed by atoms with E-state index in [1.54, 1.807) is 0 Å². The van der Waals surface area contributed by atoms with Gasteiger partial charge in [-0.2, -0.15) is 5.10 Å². The Labute approximate surface area is 108 Å². The van der Waals surface area contributed by atoms with Crippen molar-refractivity contribution in [2.75, 3.05) is 0 Å². The van der Waals surface area contributed by atoms with Crippen LogP contribution in [-0.2, 0) is 4.74 Å². The van der Waals surface area contributed by atoms with Gasteiger partial charge in [-0.1, -0.05) is 29.8 Å². The maximum atomic E-state index is 11.4. The van der Waals surface area contributed by atoms with E-state index in [0.29, 0.717) is 0 Å². The number of benzene rings is 1. The first-order valence-electron chi connectivity index (χ1n) is 5.88. The highest BCUT2D eigenvalue weighted by Crippen LogP contribution is 2.07. The number of ether oxygens (including phenoxy) is 1. The molecule has 1 aromatic carbocycles. The Bertz CT molecular complexity index is 442. The highest BCUT2D eigenvalue weighted by atomic mass is 16.6. The SMILES string of the molecule is C/C(=N/NC(=O)OC(C)(C)C)c1ccc(C)cc1. The minimum absolute atomic E-state index is 0.517. The van der Waals surface area contributed by atoms with Crippen LogP contribution in [0, 0.1) is 6.92 Å². The molecule has 0 aliphatic carbocycles. The van der Waals surface area contributed by atoms with Crippen LogP contribution in [0.3, 0.4) is 0 Å². The first-order chi connectivity index (χ1) is 8.28. The second kappa shape index (κ2) is 5.67. The fourth-order valence-corrected chi connectivity index (χ4v) is 1.29. The van der Waals surface area contributed by atoms with Crippen molar-refractivity contribution in [1.29, 1.82) is 0 Å². The van der Waals surface area contributed by atoms with Crippen LogP contribution in [0.4, 0.5) is 4.79 Å². The van der Waals surface area contributed by atoms with E-state index in [-0.39, 0.29) is 0 Å². The Morgan fingerprint density at radius 2 is 1.78 bits per heavy atom. The minimum Gasteiger partial charge on any atom is -0.443 e. The third-order valence-electron chi connectivity index (χ3n) is 2.18. The average molecular weight is 248 g/mol. The predicted octanol–water partition coefficient (Wildman–Crippen LogP) is 3.24. The lowest BCUT2D eigenvalue weighted by atomic mass is 10.1. The number of nitrogens with one attached hydrogen (secondary N) is 1. The number of carbonyl (C=O) groups is 1. The number of amides is 1. The molecule has 0 atom stereocenters. The van der Waals surface area contributed by atoms with Gasteiger partial charge < -0.3 is 4.74 Å². The number of hydrogen-bond donors (Lipinski definition) is 1. The standard InChI is InChI=1S/C14H20N2O2/c1-10-6-8-12(9-7-10)11(2)15-16-13(17)18-14(3,4)5/h6-9H,1-5H3,(H,16,17)/b15-11-. The second-order valence-electron chi connectivity index (χ2n) is 5.18. The minimum atomic E-state index is -0.547. The maximum Gasteiger partial charge on any atom is 0.428 e. The average Bonchev–Trinajstić information content (AvgIpc) is 2.24. The summed E-state index contributed by atoms with van der Waals surface area (Å²) in [5.74, 6) is 0. The van der Waals surface area contributed by atoms with Crippen LogP contribution in [0.1, 0.15) is 38.8 Å². The second-order valence-corrected chi connectivity index (χ2v) is 5.18. The first kappa shape index (κ1) is 14.2. The summed E-state index contributed by atoms with van der Waals surface area (Å²) in [6.07, 6.45) is -0.547. The number of carbonyl (C=O) groups excluding carboxylic acids is 1. The Morgan fingerprint density at radius 3 is 2.28 bits per heavy atom. The van der Waals surface area contributed by atoms with Gasteiger partial charge in [-0.3, -0.25) is 0 Å². The smallest absolute Gasteiger partial charge is 0.428 e. The molecule has 98 valence electrons. The van der Waals surface area contributed by atoms with Crippen molar-refractivity contribution >= 4 is 11.8 Å². The molecule has 4 heteroatoms. The summed E-state index contributed by atoms with van der Waals surface area (Å²) in [6.45, 7) is 9.28. The highest BCUT2D eigenvalue weighted by molar-refractivity contribution is 5.99. The Kier molecular flexibility index (Phi) is 4.48.